The first-order valence-electron chi connectivity index (χ1n) is 8.18. The van der Waals surface area contributed by atoms with E-state index in [1.165, 1.54) is 0 Å². The molecule has 0 aliphatic rings. The Morgan fingerprint density at radius 2 is 2.20 bits per heavy atom. The van der Waals surface area contributed by atoms with Crippen LogP contribution in [0.5, 0.6) is 0 Å². The topological polar surface area (TPSA) is 62.5 Å². The molecule has 0 saturated heterocycles. The number of hydrogen-bond donors (Lipinski definition) is 2. The number of guanidine groups is 1. The maximum Gasteiger partial charge on any atom is 0.191 e. The number of halogens is 1. The lowest BCUT2D eigenvalue weighted by Gasteiger charge is -2.12. The molecular weight excluding hydrogens is 447 g/mol. The predicted molar refractivity (Wildman–Crippen MR) is 116 cm³/mol. The first-order chi connectivity index (χ1) is 11.5. The Morgan fingerprint density at radius 3 is 2.80 bits per heavy atom. The first-order valence-corrected chi connectivity index (χ1v) is 9.06. The van der Waals surface area contributed by atoms with Crippen molar-refractivity contribution in [1.82, 2.24) is 15.6 Å². The lowest BCUT2D eigenvalue weighted by molar-refractivity contribution is 0.507. The van der Waals surface area contributed by atoms with Crippen LogP contribution in [0.2, 0.25) is 0 Å². The molecule has 7 heteroatoms. The van der Waals surface area contributed by atoms with Crippen molar-refractivity contribution in [2.75, 3.05) is 13.1 Å². The third-order valence-corrected chi connectivity index (χ3v) is 4.19. The normalized spacial score (nSPS) is 11.3. The van der Waals surface area contributed by atoms with Gasteiger partial charge in [0.05, 0.1) is 18.5 Å². The van der Waals surface area contributed by atoms with E-state index in [4.69, 9.17) is 4.42 Å². The number of hydrogen-bond acceptors (Lipinski definition) is 4. The summed E-state index contributed by atoms with van der Waals surface area (Å²) in [5.41, 5.74) is 2.19. The van der Waals surface area contributed by atoms with E-state index in [-0.39, 0.29) is 24.0 Å². The molecule has 0 radical (unpaired) electrons. The van der Waals surface area contributed by atoms with Crippen LogP contribution in [0, 0.1) is 0 Å². The second-order valence-corrected chi connectivity index (χ2v) is 7.00. The zero-order valence-electron chi connectivity index (χ0n) is 15.0. The summed E-state index contributed by atoms with van der Waals surface area (Å²) >= 11 is 1.66. The van der Waals surface area contributed by atoms with Crippen molar-refractivity contribution in [2.24, 2.45) is 4.99 Å². The third-order valence-electron chi connectivity index (χ3n) is 3.34. The largest absolute Gasteiger partial charge is 0.469 e. The van der Waals surface area contributed by atoms with Gasteiger partial charge in [-0.3, -0.25) is 0 Å². The maximum absolute atomic E-state index is 5.35. The standard InChI is InChI=1S/C18H26N4OS.HI/c1-13(2)10-20-18(19-8-7-15-6-5-9-23-15)21-11-17-22-16(12-24-17)14(3)4;/h5-6,9,12,14H,1,7-8,10-11H2,2-4H3,(H2,19,20,21);1H. The number of aromatic nitrogens is 1. The van der Waals surface area contributed by atoms with E-state index in [9.17, 15) is 0 Å². The van der Waals surface area contributed by atoms with E-state index in [0.29, 0.717) is 19.0 Å². The number of aliphatic imine (C=N–C) groups is 1. The van der Waals surface area contributed by atoms with E-state index < -0.39 is 0 Å². The van der Waals surface area contributed by atoms with Crippen LogP contribution in [0.1, 0.15) is 43.2 Å². The van der Waals surface area contributed by atoms with Crippen LogP contribution in [0.4, 0.5) is 0 Å². The molecule has 2 heterocycles. The summed E-state index contributed by atoms with van der Waals surface area (Å²) in [7, 11) is 0. The van der Waals surface area contributed by atoms with Crippen LogP contribution in [0.15, 0.2) is 45.3 Å². The van der Waals surface area contributed by atoms with Crippen molar-refractivity contribution in [1.29, 1.82) is 0 Å². The summed E-state index contributed by atoms with van der Waals surface area (Å²) in [6.45, 7) is 12.2. The average molecular weight is 474 g/mol. The zero-order chi connectivity index (χ0) is 17.4. The van der Waals surface area contributed by atoms with Gasteiger partial charge in [-0.15, -0.1) is 35.3 Å². The smallest absolute Gasteiger partial charge is 0.191 e. The Morgan fingerprint density at radius 1 is 1.40 bits per heavy atom. The highest BCUT2D eigenvalue weighted by molar-refractivity contribution is 14.0. The van der Waals surface area contributed by atoms with Gasteiger partial charge in [-0.05, 0) is 25.0 Å². The SMILES string of the molecule is C=C(C)CNC(=NCc1nc(C(C)C)cs1)NCCc1ccco1.I. The van der Waals surface area contributed by atoms with Crippen molar-refractivity contribution in [3.05, 3.63) is 52.4 Å². The molecule has 0 amide bonds. The van der Waals surface area contributed by atoms with Gasteiger partial charge in [-0.2, -0.15) is 0 Å². The highest BCUT2D eigenvalue weighted by Crippen LogP contribution is 2.18. The molecule has 0 saturated carbocycles. The summed E-state index contributed by atoms with van der Waals surface area (Å²) in [6.07, 6.45) is 2.51. The molecule has 2 N–H and O–H groups in total. The molecule has 0 aliphatic heterocycles. The maximum atomic E-state index is 5.35. The van der Waals surface area contributed by atoms with E-state index in [0.717, 1.165) is 41.0 Å². The molecule has 0 aromatic carbocycles. The highest BCUT2D eigenvalue weighted by Gasteiger charge is 2.06. The van der Waals surface area contributed by atoms with Gasteiger partial charge < -0.3 is 15.1 Å². The quantitative estimate of drug-likeness (QED) is 0.259. The lowest BCUT2D eigenvalue weighted by atomic mass is 10.2. The van der Waals surface area contributed by atoms with Crippen LogP contribution in [-0.4, -0.2) is 24.0 Å². The van der Waals surface area contributed by atoms with Gasteiger partial charge in [0, 0.05) is 24.9 Å². The van der Waals surface area contributed by atoms with Crippen molar-refractivity contribution in [3.8, 4) is 0 Å². The van der Waals surface area contributed by atoms with Crippen molar-refractivity contribution in [3.63, 3.8) is 0 Å². The molecule has 5 nitrogen and oxygen atoms in total. The van der Waals surface area contributed by atoms with Gasteiger partial charge in [0.1, 0.15) is 10.8 Å². The summed E-state index contributed by atoms with van der Waals surface area (Å²) in [6, 6.07) is 3.88. The molecule has 138 valence electrons. The van der Waals surface area contributed by atoms with E-state index in [1.807, 2.05) is 19.1 Å². The second kappa shape index (κ2) is 11.3. The Kier molecular flexibility index (Phi) is 9.81. The van der Waals surface area contributed by atoms with Crippen LogP contribution in [-0.2, 0) is 13.0 Å². The lowest BCUT2D eigenvalue weighted by Crippen LogP contribution is -2.39. The zero-order valence-corrected chi connectivity index (χ0v) is 18.2. The number of nitrogens with one attached hydrogen (secondary N) is 2. The number of rotatable bonds is 8. The van der Waals surface area contributed by atoms with E-state index >= 15 is 0 Å². The molecule has 2 aromatic rings. The minimum Gasteiger partial charge on any atom is -0.469 e. The molecule has 2 aromatic heterocycles. The van der Waals surface area contributed by atoms with Gasteiger partial charge in [-0.25, -0.2) is 9.98 Å². The van der Waals surface area contributed by atoms with Crippen molar-refractivity contribution in [2.45, 2.75) is 39.7 Å². The number of thiazole rings is 1. The van der Waals surface area contributed by atoms with Crippen LogP contribution in [0.25, 0.3) is 0 Å². The fourth-order valence-electron chi connectivity index (χ4n) is 1.98. The van der Waals surface area contributed by atoms with Gasteiger partial charge in [0.15, 0.2) is 5.96 Å². The van der Waals surface area contributed by atoms with Crippen molar-refractivity contribution < 1.29 is 4.42 Å². The van der Waals surface area contributed by atoms with Crippen LogP contribution >= 0.6 is 35.3 Å². The van der Waals surface area contributed by atoms with Gasteiger partial charge >= 0.3 is 0 Å². The average Bonchev–Trinajstić information content (AvgIpc) is 3.20. The van der Waals surface area contributed by atoms with E-state index in [2.05, 4.69) is 46.4 Å². The van der Waals surface area contributed by atoms with E-state index in [1.54, 1.807) is 17.6 Å². The fourth-order valence-corrected chi connectivity index (χ4v) is 2.86. The molecule has 0 aliphatic carbocycles. The summed E-state index contributed by atoms with van der Waals surface area (Å²) < 4.78 is 5.35. The summed E-state index contributed by atoms with van der Waals surface area (Å²) in [5, 5.41) is 9.75. The molecule has 0 spiro atoms. The Balaban J connectivity index is 0.00000312. The summed E-state index contributed by atoms with van der Waals surface area (Å²) in [5.74, 6) is 2.18. The molecule has 0 fully saturated rings. The molecule has 0 atom stereocenters. The fraction of sp³-hybridized carbons (Fsp3) is 0.444. The van der Waals surface area contributed by atoms with Crippen LogP contribution < -0.4 is 10.6 Å². The third kappa shape index (κ3) is 8.04. The predicted octanol–water partition coefficient (Wildman–Crippen LogP) is 4.33. The van der Waals surface area contributed by atoms with Gasteiger partial charge in [0.25, 0.3) is 0 Å². The van der Waals surface area contributed by atoms with Crippen molar-refractivity contribution >= 4 is 41.3 Å². The van der Waals surface area contributed by atoms with Crippen LogP contribution in [0.3, 0.4) is 0 Å². The second-order valence-electron chi connectivity index (χ2n) is 6.05. The molecule has 25 heavy (non-hydrogen) atoms. The first kappa shape index (κ1) is 21.7. The minimum atomic E-state index is 0. The molecular formula is C18H27IN4OS. The minimum absolute atomic E-state index is 0. The Hall–Kier alpha value is -1.35. The Bertz CT molecular complexity index is 664. The molecule has 2 rings (SSSR count). The summed E-state index contributed by atoms with van der Waals surface area (Å²) in [4.78, 5) is 9.25. The van der Waals surface area contributed by atoms with Gasteiger partial charge in [0.2, 0.25) is 0 Å². The monoisotopic (exact) mass is 474 g/mol. The molecule has 0 bridgehead atoms. The number of furan rings is 1. The Labute approximate surface area is 171 Å². The molecule has 0 unspecified atom stereocenters. The number of nitrogens with zero attached hydrogens (tertiary/aromatic N) is 2. The highest BCUT2D eigenvalue weighted by atomic mass is 127. The van der Waals surface area contributed by atoms with Gasteiger partial charge in [-0.1, -0.05) is 26.0 Å².